The van der Waals surface area contributed by atoms with Crippen LogP contribution in [0.2, 0.25) is 0 Å². The molecule has 6 heteroatoms. The topological polar surface area (TPSA) is 83.9 Å². The molecule has 84 valence electrons. The summed E-state index contributed by atoms with van der Waals surface area (Å²) < 4.78 is 4.97. The van der Waals surface area contributed by atoms with Gasteiger partial charge in [-0.25, -0.2) is 0 Å². The zero-order valence-corrected chi connectivity index (χ0v) is 8.30. The van der Waals surface area contributed by atoms with Crippen molar-refractivity contribution in [3.05, 3.63) is 23.6 Å². The lowest BCUT2D eigenvalue weighted by Gasteiger charge is -2.30. The molecule has 0 aromatic heterocycles. The smallest absolute Gasteiger partial charge is 0.323 e. The van der Waals surface area contributed by atoms with E-state index >= 15 is 0 Å². The lowest BCUT2D eigenvalue weighted by Crippen LogP contribution is -2.42. The molecule has 0 spiro atoms. The average molecular weight is 223 g/mol. The van der Waals surface area contributed by atoms with E-state index in [1.807, 2.05) is 0 Å². The molecule has 0 aromatic carbocycles. The van der Waals surface area contributed by atoms with Crippen LogP contribution in [0.25, 0.3) is 0 Å². The molecular formula is C10H9NO5. The summed E-state index contributed by atoms with van der Waals surface area (Å²) in [4.78, 5) is 34.7. The Labute approximate surface area is 90.8 Å². The van der Waals surface area contributed by atoms with Gasteiger partial charge in [0.15, 0.2) is 5.78 Å². The molecule has 2 aliphatic heterocycles. The van der Waals surface area contributed by atoms with E-state index in [-0.39, 0.29) is 18.8 Å². The molecule has 0 aromatic rings. The van der Waals surface area contributed by atoms with Gasteiger partial charge in [-0.1, -0.05) is 0 Å². The van der Waals surface area contributed by atoms with Crippen molar-refractivity contribution in [2.45, 2.75) is 6.42 Å². The summed E-state index contributed by atoms with van der Waals surface area (Å²) >= 11 is 0. The van der Waals surface area contributed by atoms with Crippen LogP contribution >= 0.6 is 0 Å². The van der Waals surface area contributed by atoms with Gasteiger partial charge in [0.1, 0.15) is 13.2 Å². The Balaban J connectivity index is 2.38. The number of allylic oxidation sites excluding steroid dienone is 2. The molecule has 0 fully saturated rings. The highest BCUT2D eigenvalue weighted by Crippen LogP contribution is 2.24. The van der Waals surface area contributed by atoms with E-state index in [1.165, 1.54) is 12.3 Å². The average Bonchev–Trinajstić information content (AvgIpc) is 2.24. The molecular weight excluding hydrogens is 214 g/mol. The summed E-state index contributed by atoms with van der Waals surface area (Å²) in [6, 6.07) is 0. The highest BCUT2D eigenvalue weighted by atomic mass is 16.5. The number of hydrogen-bond donors (Lipinski definition) is 1. The number of carbonyl (C=O) groups excluding carboxylic acids is 2. The van der Waals surface area contributed by atoms with Crippen molar-refractivity contribution < 1.29 is 24.2 Å². The Hall–Kier alpha value is -2.11. The van der Waals surface area contributed by atoms with E-state index in [9.17, 15) is 14.4 Å². The minimum Gasteiger partial charge on any atom is -0.495 e. The Morgan fingerprint density at radius 2 is 2.25 bits per heavy atom. The first-order valence-electron chi connectivity index (χ1n) is 4.66. The van der Waals surface area contributed by atoms with Crippen LogP contribution in [0.15, 0.2) is 23.6 Å². The van der Waals surface area contributed by atoms with Crippen LogP contribution in [0.5, 0.6) is 0 Å². The quantitative estimate of drug-likeness (QED) is 0.648. The molecule has 0 bridgehead atoms. The maximum Gasteiger partial charge on any atom is 0.323 e. The van der Waals surface area contributed by atoms with Gasteiger partial charge in [-0.2, -0.15) is 0 Å². The van der Waals surface area contributed by atoms with Gasteiger partial charge in [-0.15, -0.1) is 0 Å². The maximum atomic E-state index is 11.5. The van der Waals surface area contributed by atoms with Crippen LogP contribution < -0.4 is 0 Å². The monoisotopic (exact) mass is 223 g/mol. The summed E-state index contributed by atoms with van der Waals surface area (Å²) in [5.41, 5.74) is 0.707. The third-order valence-corrected chi connectivity index (χ3v) is 2.39. The first-order chi connectivity index (χ1) is 7.59. The lowest BCUT2D eigenvalue weighted by atomic mass is 9.99. The van der Waals surface area contributed by atoms with Crippen molar-refractivity contribution >= 4 is 17.7 Å². The first-order valence-corrected chi connectivity index (χ1v) is 4.66. The fraction of sp³-hybridized carbons (Fsp3) is 0.300. The Morgan fingerprint density at radius 3 is 2.94 bits per heavy atom. The van der Waals surface area contributed by atoms with Crippen LogP contribution in [-0.2, 0) is 19.1 Å². The second-order valence-electron chi connectivity index (χ2n) is 3.45. The largest absolute Gasteiger partial charge is 0.495 e. The van der Waals surface area contributed by atoms with Gasteiger partial charge in [-0.05, 0) is 6.08 Å². The van der Waals surface area contributed by atoms with Crippen molar-refractivity contribution in [2.75, 3.05) is 13.2 Å². The fourth-order valence-electron chi connectivity index (χ4n) is 1.69. The number of ketones is 1. The highest BCUT2D eigenvalue weighted by molar-refractivity contribution is 6.12. The lowest BCUT2D eigenvalue weighted by molar-refractivity contribution is -0.145. The molecule has 2 heterocycles. The second kappa shape index (κ2) is 3.80. The van der Waals surface area contributed by atoms with Crippen LogP contribution in [0.4, 0.5) is 0 Å². The van der Waals surface area contributed by atoms with Crippen molar-refractivity contribution in [2.24, 2.45) is 0 Å². The molecule has 2 rings (SSSR count). The van der Waals surface area contributed by atoms with Crippen molar-refractivity contribution in [3.8, 4) is 0 Å². The third-order valence-electron chi connectivity index (χ3n) is 2.39. The molecule has 0 atom stereocenters. The van der Waals surface area contributed by atoms with Gasteiger partial charge in [0.25, 0.3) is 0 Å². The summed E-state index contributed by atoms with van der Waals surface area (Å²) in [5.74, 6) is -1.91. The van der Waals surface area contributed by atoms with Crippen LogP contribution in [-0.4, -0.2) is 40.8 Å². The van der Waals surface area contributed by atoms with Gasteiger partial charge >= 0.3 is 5.97 Å². The van der Waals surface area contributed by atoms with E-state index in [1.54, 1.807) is 0 Å². The molecule has 1 amide bonds. The zero-order chi connectivity index (χ0) is 11.7. The number of carboxylic acids is 1. The number of carbonyl (C=O) groups is 3. The van der Waals surface area contributed by atoms with Gasteiger partial charge in [0.05, 0.1) is 18.4 Å². The number of hydrogen-bond acceptors (Lipinski definition) is 4. The van der Waals surface area contributed by atoms with Gasteiger partial charge in [-0.3, -0.25) is 14.4 Å². The van der Waals surface area contributed by atoms with Crippen LogP contribution in [0, 0.1) is 0 Å². The van der Waals surface area contributed by atoms with E-state index in [2.05, 4.69) is 0 Å². The summed E-state index contributed by atoms with van der Waals surface area (Å²) in [6.45, 7) is -0.390. The normalized spacial score (nSPS) is 19.6. The van der Waals surface area contributed by atoms with E-state index in [0.717, 1.165) is 4.90 Å². The Morgan fingerprint density at radius 1 is 1.50 bits per heavy atom. The summed E-state index contributed by atoms with van der Waals surface area (Å²) in [5, 5.41) is 8.68. The second-order valence-corrected chi connectivity index (χ2v) is 3.45. The molecule has 0 radical (unpaired) electrons. The van der Waals surface area contributed by atoms with Crippen molar-refractivity contribution in [1.29, 1.82) is 0 Å². The standard InChI is InChI=1S/C10H9NO5/c12-8-3-9(13)11(4-10(14)15)7-5-16-2-1-6(7)8/h1-2H,3-5H2,(H,14,15). The zero-order valence-electron chi connectivity index (χ0n) is 8.30. The van der Waals surface area contributed by atoms with Gasteiger partial charge < -0.3 is 14.7 Å². The van der Waals surface area contributed by atoms with E-state index < -0.39 is 18.4 Å². The molecule has 0 saturated carbocycles. The number of amides is 1. The Kier molecular flexibility index (Phi) is 2.47. The van der Waals surface area contributed by atoms with Gasteiger partial charge in [0, 0.05) is 5.57 Å². The molecule has 6 nitrogen and oxygen atoms in total. The number of ether oxygens (including phenoxy) is 1. The maximum absolute atomic E-state index is 11.5. The number of aliphatic carboxylic acids is 1. The van der Waals surface area contributed by atoms with E-state index in [0.29, 0.717) is 11.3 Å². The molecule has 1 N–H and O–H groups in total. The number of carboxylic acid groups (broad SMARTS) is 1. The molecule has 0 saturated heterocycles. The number of Topliss-reactive ketones (excluding diaryl/α,β-unsaturated/α-hetero) is 1. The number of rotatable bonds is 2. The third kappa shape index (κ3) is 1.69. The van der Waals surface area contributed by atoms with Gasteiger partial charge in [0.2, 0.25) is 5.91 Å². The SMILES string of the molecule is O=C(O)CN1C(=O)CC(=O)C2=C1COC=C2. The van der Waals surface area contributed by atoms with E-state index in [4.69, 9.17) is 9.84 Å². The summed E-state index contributed by atoms with van der Waals surface area (Å²) in [6.07, 6.45) is 2.55. The molecule has 16 heavy (non-hydrogen) atoms. The molecule has 0 aliphatic carbocycles. The minimum atomic E-state index is -1.12. The fourth-order valence-corrected chi connectivity index (χ4v) is 1.69. The minimum absolute atomic E-state index is 0.0522. The van der Waals surface area contributed by atoms with Crippen molar-refractivity contribution in [1.82, 2.24) is 4.90 Å². The molecule has 2 aliphatic rings. The first kappa shape index (κ1) is 10.4. The summed E-state index contributed by atoms with van der Waals surface area (Å²) in [7, 11) is 0. The molecule has 0 unspecified atom stereocenters. The Bertz CT molecular complexity index is 434. The van der Waals surface area contributed by atoms with Crippen LogP contribution in [0.1, 0.15) is 6.42 Å². The number of nitrogens with zero attached hydrogens (tertiary/aromatic N) is 1. The highest BCUT2D eigenvalue weighted by Gasteiger charge is 2.33. The predicted molar refractivity (Wildman–Crippen MR) is 51.1 cm³/mol. The predicted octanol–water partition coefficient (Wildman–Crippen LogP) is -0.330. The van der Waals surface area contributed by atoms with Crippen molar-refractivity contribution in [3.63, 3.8) is 0 Å². The van der Waals surface area contributed by atoms with Crippen LogP contribution in [0.3, 0.4) is 0 Å².